The fraction of sp³-hybridized carbons (Fsp3) is 0.733. The maximum absolute atomic E-state index is 11.4. The van der Waals surface area contributed by atoms with Crippen molar-refractivity contribution in [3.8, 4) is 0 Å². The monoisotopic (exact) mass is 254 g/mol. The number of rotatable bonds is 9. The number of esters is 1. The quantitative estimate of drug-likeness (QED) is 0.357. The Labute approximate surface area is 111 Å². The van der Waals surface area contributed by atoms with Crippen molar-refractivity contribution in [2.45, 2.75) is 71.3 Å². The Morgan fingerprint density at radius 2 is 1.50 bits per heavy atom. The molecule has 0 aliphatic heterocycles. The SMILES string of the molecule is C=CC(=O)CCCCCCCC(=O)OC(C)(C)C. The van der Waals surface area contributed by atoms with E-state index < -0.39 is 0 Å². The summed E-state index contributed by atoms with van der Waals surface area (Å²) in [5.41, 5.74) is -0.387. The van der Waals surface area contributed by atoms with Crippen molar-refractivity contribution in [3.05, 3.63) is 12.7 Å². The second-order valence-electron chi connectivity index (χ2n) is 5.52. The van der Waals surface area contributed by atoms with E-state index in [1.165, 1.54) is 6.08 Å². The molecule has 0 aliphatic carbocycles. The molecule has 0 atom stereocenters. The fourth-order valence-electron chi connectivity index (χ4n) is 1.59. The molecule has 0 bridgehead atoms. The van der Waals surface area contributed by atoms with Crippen molar-refractivity contribution >= 4 is 11.8 Å². The van der Waals surface area contributed by atoms with Crippen LogP contribution in [0.1, 0.15) is 65.7 Å². The Kier molecular flexibility index (Phi) is 8.34. The maximum atomic E-state index is 11.4. The summed E-state index contributed by atoms with van der Waals surface area (Å²) in [5.74, 6) is -0.00640. The van der Waals surface area contributed by atoms with Crippen molar-refractivity contribution in [1.82, 2.24) is 0 Å². The fourth-order valence-corrected chi connectivity index (χ4v) is 1.59. The number of allylic oxidation sites excluding steroid dienone is 1. The van der Waals surface area contributed by atoms with Gasteiger partial charge in [0.2, 0.25) is 0 Å². The van der Waals surface area contributed by atoms with Gasteiger partial charge in [0.1, 0.15) is 5.60 Å². The van der Waals surface area contributed by atoms with E-state index in [-0.39, 0.29) is 17.4 Å². The molecule has 0 aromatic rings. The van der Waals surface area contributed by atoms with E-state index in [0.717, 1.165) is 32.1 Å². The van der Waals surface area contributed by atoms with Gasteiger partial charge in [-0.2, -0.15) is 0 Å². The number of hydrogen-bond acceptors (Lipinski definition) is 3. The molecule has 0 amide bonds. The predicted octanol–water partition coefficient (Wildman–Crippen LogP) is 3.81. The summed E-state index contributed by atoms with van der Waals surface area (Å²) in [5, 5.41) is 0. The van der Waals surface area contributed by atoms with Crippen LogP contribution in [-0.2, 0) is 14.3 Å². The third-order valence-corrected chi connectivity index (χ3v) is 2.45. The summed E-state index contributed by atoms with van der Waals surface area (Å²) in [6.07, 6.45) is 7.35. The highest BCUT2D eigenvalue weighted by Crippen LogP contribution is 2.12. The molecule has 0 aromatic carbocycles. The second-order valence-corrected chi connectivity index (χ2v) is 5.52. The lowest BCUT2D eigenvalue weighted by molar-refractivity contribution is -0.154. The van der Waals surface area contributed by atoms with E-state index in [1.807, 2.05) is 20.8 Å². The van der Waals surface area contributed by atoms with E-state index in [1.54, 1.807) is 0 Å². The molecule has 3 heteroatoms. The molecule has 104 valence electrons. The van der Waals surface area contributed by atoms with Gasteiger partial charge < -0.3 is 4.74 Å². The molecular formula is C15H26O3. The molecule has 0 aliphatic rings. The van der Waals surface area contributed by atoms with Gasteiger partial charge in [0, 0.05) is 12.8 Å². The van der Waals surface area contributed by atoms with Crippen LogP contribution < -0.4 is 0 Å². The number of ether oxygens (including phenoxy) is 1. The molecule has 0 rings (SSSR count). The average molecular weight is 254 g/mol. The summed E-state index contributed by atoms with van der Waals surface area (Å²) >= 11 is 0. The van der Waals surface area contributed by atoms with Crippen LogP contribution in [0.15, 0.2) is 12.7 Å². The minimum atomic E-state index is -0.387. The number of ketones is 1. The number of hydrogen-bond donors (Lipinski definition) is 0. The Balaban J connectivity index is 3.38. The van der Waals surface area contributed by atoms with Crippen molar-refractivity contribution in [1.29, 1.82) is 0 Å². The Hall–Kier alpha value is -1.12. The summed E-state index contributed by atoms with van der Waals surface area (Å²) in [6, 6.07) is 0. The van der Waals surface area contributed by atoms with Crippen molar-refractivity contribution in [3.63, 3.8) is 0 Å². The highest BCUT2D eigenvalue weighted by atomic mass is 16.6. The van der Waals surface area contributed by atoms with Gasteiger partial charge in [-0.1, -0.05) is 25.8 Å². The number of carbonyl (C=O) groups excluding carboxylic acids is 2. The van der Waals surface area contributed by atoms with Gasteiger partial charge >= 0.3 is 5.97 Å². The normalized spacial score (nSPS) is 11.1. The zero-order valence-electron chi connectivity index (χ0n) is 12.0. The smallest absolute Gasteiger partial charge is 0.306 e. The largest absolute Gasteiger partial charge is 0.460 e. The Bertz CT molecular complexity index is 274. The molecule has 0 N–H and O–H groups in total. The first-order valence-electron chi connectivity index (χ1n) is 6.72. The third kappa shape index (κ3) is 11.4. The van der Waals surface area contributed by atoms with Gasteiger partial charge in [0.05, 0.1) is 0 Å². The molecule has 0 unspecified atom stereocenters. The van der Waals surface area contributed by atoms with Gasteiger partial charge in [-0.3, -0.25) is 9.59 Å². The molecule has 0 fully saturated rings. The molecule has 18 heavy (non-hydrogen) atoms. The lowest BCUT2D eigenvalue weighted by Gasteiger charge is -2.19. The van der Waals surface area contributed by atoms with E-state index >= 15 is 0 Å². The van der Waals surface area contributed by atoms with Gasteiger partial charge in [-0.05, 0) is 39.7 Å². The van der Waals surface area contributed by atoms with Crippen LogP contribution in [0.5, 0.6) is 0 Å². The second kappa shape index (κ2) is 8.90. The summed E-state index contributed by atoms with van der Waals surface area (Å²) < 4.78 is 5.22. The van der Waals surface area contributed by atoms with Crippen LogP contribution in [0.3, 0.4) is 0 Å². The summed E-state index contributed by atoms with van der Waals surface area (Å²) in [6.45, 7) is 9.07. The van der Waals surface area contributed by atoms with Crippen LogP contribution in [0, 0.1) is 0 Å². The highest BCUT2D eigenvalue weighted by molar-refractivity contribution is 5.88. The Morgan fingerprint density at radius 1 is 1.00 bits per heavy atom. The van der Waals surface area contributed by atoms with Gasteiger partial charge in [0.15, 0.2) is 5.78 Å². The zero-order valence-corrected chi connectivity index (χ0v) is 12.0. The van der Waals surface area contributed by atoms with Crippen molar-refractivity contribution in [2.75, 3.05) is 0 Å². The minimum absolute atomic E-state index is 0.115. The molecule has 0 spiro atoms. The Morgan fingerprint density at radius 3 is 2.00 bits per heavy atom. The average Bonchev–Trinajstić information content (AvgIpc) is 2.25. The lowest BCUT2D eigenvalue weighted by Crippen LogP contribution is -2.23. The van der Waals surface area contributed by atoms with Gasteiger partial charge in [-0.15, -0.1) is 0 Å². The molecule has 3 nitrogen and oxygen atoms in total. The molecule has 0 radical (unpaired) electrons. The van der Waals surface area contributed by atoms with Crippen LogP contribution in [0.2, 0.25) is 0 Å². The molecular weight excluding hydrogens is 228 g/mol. The predicted molar refractivity (Wildman–Crippen MR) is 73.4 cm³/mol. The first-order chi connectivity index (χ1) is 8.35. The van der Waals surface area contributed by atoms with Crippen molar-refractivity contribution < 1.29 is 14.3 Å². The van der Waals surface area contributed by atoms with Crippen LogP contribution >= 0.6 is 0 Å². The maximum Gasteiger partial charge on any atom is 0.306 e. The first-order valence-corrected chi connectivity index (χ1v) is 6.72. The van der Waals surface area contributed by atoms with Gasteiger partial charge in [-0.25, -0.2) is 0 Å². The zero-order chi connectivity index (χ0) is 14.0. The topological polar surface area (TPSA) is 43.4 Å². The van der Waals surface area contributed by atoms with E-state index in [0.29, 0.717) is 12.8 Å². The molecule has 0 aromatic heterocycles. The van der Waals surface area contributed by atoms with Crippen LogP contribution in [0.4, 0.5) is 0 Å². The minimum Gasteiger partial charge on any atom is -0.460 e. The lowest BCUT2D eigenvalue weighted by atomic mass is 10.1. The van der Waals surface area contributed by atoms with Crippen molar-refractivity contribution in [2.24, 2.45) is 0 Å². The van der Waals surface area contributed by atoms with E-state index in [9.17, 15) is 9.59 Å². The summed E-state index contributed by atoms with van der Waals surface area (Å²) in [7, 11) is 0. The molecule has 0 saturated heterocycles. The standard InChI is InChI=1S/C15H26O3/c1-5-13(16)11-9-7-6-8-10-12-14(17)18-15(2,3)4/h5H,1,6-12H2,2-4H3. The van der Waals surface area contributed by atoms with Crippen LogP contribution in [0.25, 0.3) is 0 Å². The summed E-state index contributed by atoms with van der Waals surface area (Å²) in [4.78, 5) is 22.3. The highest BCUT2D eigenvalue weighted by Gasteiger charge is 2.15. The van der Waals surface area contributed by atoms with Crippen LogP contribution in [-0.4, -0.2) is 17.4 Å². The first kappa shape index (κ1) is 16.9. The number of unbranched alkanes of at least 4 members (excludes halogenated alkanes) is 4. The third-order valence-electron chi connectivity index (χ3n) is 2.45. The van der Waals surface area contributed by atoms with E-state index in [4.69, 9.17) is 4.74 Å². The van der Waals surface area contributed by atoms with E-state index in [2.05, 4.69) is 6.58 Å². The molecule has 0 saturated carbocycles. The number of carbonyl (C=O) groups is 2. The molecule has 0 heterocycles. The van der Waals surface area contributed by atoms with Gasteiger partial charge in [0.25, 0.3) is 0 Å².